The molecule has 2 rings (SSSR count). The molecule has 1 N–H and O–H groups in total. The highest BCUT2D eigenvalue weighted by Crippen LogP contribution is 2.27. The summed E-state index contributed by atoms with van der Waals surface area (Å²) in [5, 5.41) is 8.71. The maximum absolute atomic E-state index is 12.2. The molecule has 1 amide bonds. The van der Waals surface area contributed by atoms with Gasteiger partial charge in [-0.2, -0.15) is 0 Å². The molecule has 21 heavy (non-hydrogen) atoms. The van der Waals surface area contributed by atoms with Crippen molar-refractivity contribution in [2.24, 2.45) is 11.8 Å². The Balaban J connectivity index is 1.98. The third-order valence-electron chi connectivity index (χ3n) is 4.09. The summed E-state index contributed by atoms with van der Waals surface area (Å²) in [7, 11) is 0. The first-order chi connectivity index (χ1) is 10.1. The molecule has 2 heterocycles. The number of hydrogen-bond acceptors (Lipinski definition) is 3. The summed E-state index contributed by atoms with van der Waals surface area (Å²) in [5.41, 5.74) is 0. The van der Waals surface area contributed by atoms with E-state index in [2.05, 4.69) is 25.7 Å². The standard InChI is InChI=1S/C17H23NO2S/c1-13(2)14-5-8-17(20)18(10-9-14)12-16-7-6-15(21-16)4-3-11-19/h6-7,13-14,19H,5,8-12H2,1-2H3. The monoisotopic (exact) mass is 305 g/mol. The normalized spacial score (nSPS) is 19.3. The smallest absolute Gasteiger partial charge is 0.222 e. The fraction of sp³-hybridized carbons (Fsp3) is 0.588. The number of rotatable bonds is 3. The predicted octanol–water partition coefficient (Wildman–Crippen LogP) is 2.88. The second kappa shape index (κ2) is 7.63. The quantitative estimate of drug-likeness (QED) is 0.872. The van der Waals surface area contributed by atoms with Gasteiger partial charge in [0, 0.05) is 17.8 Å². The fourth-order valence-corrected chi connectivity index (χ4v) is 3.63. The molecule has 0 saturated carbocycles. The van der Waals surface area contributed by atoms with Gasteiger partial charge < -0.3 is 10.0 Å². The Morgan fingerprint density at radius 3 is 2.95 bits per heavy atom. The Morgan fingerprint density at radius 2 is 2.24 bits per heavy atom. The summed E-state index contributed by atoms with van der Waals surface area (Å²) in [6.07, 6.45) is 2.79. The molecule has 3 nitrogen and oxygen atoms in total. The van der Waals surface area contributed by atoms with Gasteiger partial charge >= 0.3 is 0 Å². The number of aliphatic hydroxyl groups excluding tert-OH is 1. The lowest BCUT2D eigenvalue weighted by molar-refractivity contribution is -0.131. The first-order valence-corrected chi connectivity index (χ1v) is 8.38. The lowest BCUT2D eigenvalue weighted by Crippen LogP contribution is -2.29. The Labute approximate surface area is 131 Å². The number of amides is 1. The van der Waals surface area contributed by atoms with E-state index in [9.17, 15) is 4.79 Å². The molecule has 1 aromatic heterocycles. The molecule has 1 atom stereocenters. The summed E-state index contributed by atoms with van der Waals surface area (Å²) in [4.78, 5) is 16.3. The van der Waals surface area contributed by atoms with Crippen LogP contribution in [0.4, 0.5) is 0 Å². The summed E-state index contributed by atoms with van der Waals surface area (Å²) < 4.78 is 0. The number of hydrogen-bond donors (Lipinski definition) is 1. The van der Waals surface area contributed by atoms with Crippen LogP contribution in [0.15, 0.2) is 12.1 Å². The summed E-state index contributed by atoms with van der Waals surface area (Å²) >= 11 is 1.60. The SMILES string of the molecule is CC(C)C1CCC(=O)N(Cc2ccc(C#CCO)s2)CC1. The van der Waals surface area contributed by atoms with Crippen molar-refractivity contribution >= 4 is 17.2 Å². The van der Waals surface area contributed by atoms with Gasteiger partial charge in [0.1, 0.15) is 6.61 Å². The van der Waals surface area contributed by atoms with Crippen molar-refractivity contribution in [1.29, 1.82) is 0 Å². The number of aliphatic hydroxyl groups is 1. The van der Waals surface area contributed by atoms with Gasteiger partial charge in [-0.3, -0.25) is 4.79 Å². The molecule has 1 saturated heterocycles. The number of likely N-dealkylation sites (tertiary alicyclic amines) is 1. The van der Waals surface area contributed by atoms with Crippen LogP contribution in [0.1, 0.15) is 42.9 Å². The van der Waals surface area contributed by atoms with Crippen LogP contribution < -0.4 is 0 Å². The predicted molar refractivity (Wildman–Crippen MR) is 85.9 cm³/mol. The average Bonchev–Trinajstić information content (AvgIpc) is 2.82. The Morgan fingerprint density at radius 1 is 1.43 bits per heavy atom. The van der Waals surface area contributed by atoms with E-state index < -0.39 is 0 Å². The van der Waals surface area contributed by atoms with E-state index in [1.165, 1.54) is 0 Å². The van der Waals surface area contributed by atoms with Crippen LogP contribution in [-0.2, 0) is 11.3 Å². The molecule has 0 spiro atoms. The molecule has 0 radical (unpaired) electrons. The van der Waals surface area contributed by atoms with Gasteiger partial charge in [0.2, 0.25) is 5.91 Å². The van der Waals surface area contributed by atoms with E-state index in [-0.39, 0.29) is 12.5 Å². The van der Waals surface area contributed by atoms with Crippen LogP contribution in [0.2, 0.25) is 0 Å². The van der Waals surface area contributed by atoms with Crippen LogP contribution >= 0.6 is 11.3 Å². The largest absolute Gasteiger partial charge is 0.384 e. The third-order valence-corrected chi connectivity index (χ3v) is 5.08. The maximum Gasteiger partial charge on any atom is 0.222 e. The van der Waals surface area contributed by atoms with Crippen LogP contribution in [0.25, 0.3) is 0 Å². The zero-order valence-corrected chi connectivity index (χ0v) is 13.6. The van der Waals surface area contributed by atoms with Crippen molar-refractivity contribution in [3.05, 3.63) is 21.9 Å². The van der Waals surface area contributed by atoms with E-state index in [0.717, 1.165) is 29.1 Å². The maximum atomic E-state index is 12.2. The molecule has 0 bridgehead atoms. The van der Waals surface area contributed by atoms with Gasteiger partial charge in [0.25, 0.3) is 0 Å². The summed E-state index contributed by atoms with van der Waals surface area (Å²) in [6, 6.07) is 3.99. The zero-order valence-electron chi connectivity index (χ0n) is 12.8. The first kappa shape index (κ1) is 16.1. The van der Waals surface area contributed by atoms with E-state index in [0.29, 0.717) is 24.8 Å². The van der Waals surface area contributed by atoms with E-state index in [4.69, 9.17) is 5.11 Å². The fourth-order valence-electron chi connectivity index (χ4n) is 2.74. The van der Waals surface area contributed by atoms with Crippen LogP contribution in [0, 0.1) is 23.7 Å². The highest BCUT2D eigenvalue weighted by molar-refractivity contribution is 7.12. The lowest BCUT2D eigenvalue weighted by Gasteiger charge is -2.21. The molecule has 0 aliphatic carbocycles. The van der Waals surface area contributed by atoms with Crippen molar-refractivity contribution < 1.29 is 9.90 Å². The second-order valence-corrected chi connectivity index (χ2v) is 7.04. The van der Waals surface area contributed by atoms with Gasteiger partial charge in [0.05, 0.1) is 11.4 Å². The molecular weight excluding hydrogens is 282 g/mol. The number of carbonyl (C=O) groups is 1. The molecule has 1 aliphatic heterocycles. The minimum Gasteiger partial charge on any atom is -0.384 e. The Kier molecular flexibility index (Phi) is 5.84. The molecule has 1 unspecified atom stereocenters. The molecule has 0 aromatic carbocycles. The topological polar surface area (TPSA) is 40.5 Å². The third kappa shape index (κ3) is 4.59. The molecule has 114 valence electrons. The zero-order chi connectivity index (χ0) is 15.2. The highest BCUT2D eigenvalue weighted by atomic mass is 32.1. The van der Waals surface area contributed by atoms with Gasteiger partial charge in [0.15, 0.2) is 0 Å². The highest BCUT2D eigenvalue weighted by Gasteiger charge is 2.24. The minimum absolute atomic E-state index is 0.117. The number of carbonyl (C=O) groups excluding carboxylic acids is 1. The molecular formula is C17H23NO2S. The molecule has 1 aromatic rings. The second-order valence-electron chi connectivity index (χ2n) is 5.87. The van der Waals surface area contributed by atoms with E-state index in [1.807, 2.05) is 17.0 Å². The van der Waals surface area contributed by atoms with Crippen LogP contribution in [0.3, 0.4) is 0 Å². The van der Waals surface area contributed by atoms with E-state index in [1.54, 1.807) is 11.3 Å². The summed E-state index contributed by atoms with van der Waals surface area (Å²) in [5.74, 6) is 7.15. The van der Waals surface area contributed by atoms with Crippen molar-refractivity contribution in [2.45, 2.75) is 39.7 Å². The van der Waals surface area contributed by atoms with Crippen molar-refractivity contribution in [3.8, 4) is 11.8 Å². The molecule has 4 heteroatoms. The Bertz CT molecular complexity index is 538. The van der Waals surface area contributed by atoms with Crippen LogP contribution in [0.5, 0.6) is 0 Å². The van der Waals surface area contributed by atoms with Crippen molar-refractivity contribution in [2.75, 3.05) is 13.2 Å². The minimum atomic E-state index is -0.117. The van der Waals surface area contributed by atoms with Crippen molar-refractivity contribution in [3.63, 3.8) is 0 Å². The van der Waals surface area contributed by atoms with Gasteiger partial charge in [-0.05, 0) is 36.8 Å². The number of thiophene rings is 1. The van der Waals surface area contributed by atoms with Gasteiger partial charge in [-0.25, -0.2) is 0 Å². The Hall–Kier alpha value is -1.31. The summed E-state index contributed by atoms with van der Waals surface area (Å²) in [6.45, 7) is 5.92. The average molecular weight is 305 g/mol. The van der Waals surface area contributed by atoms with Gasteiger partial charge in [-0.1, -0.05) is 25.7 Å². The van der Waals surface area contributed by atoms with Gasteiger partial charge in [-0.15, -0.1) is 11.3 Å². The van der Waals surface area contributed by atoms with Crippen LogP contribution in [-0.4, -0.2) is 29.1 Å². The first-order valence-electron chi connectivity index (χ1n) is 7.56. The molecule has 1 aliphatic rings. The lowest BCUT2D eigenvalue weighted by atomic mass is 9.89. The number of nitrogens with zero attached hydrogens (tertiary/aromatic N) is 1. The molecule has 1 fully saturated rings. The van der Waals surface area contributed by atoms with Crippen molar-refractivity contribution in [1.82, 2.24) is 4.90 Å². The van der Waals surface area contributed by atoms with E-state index >= 15 is 0 Å².